The van der Waals surface area contributed by atoms with Crippen LogP contribution in [0.2, 0.25) is 10.0 Å². The number of carbonyl (C=O) groups excluding carboxylic acids is 1. The molecule has 0 aliphatic heterocycles. The van der Waals surface area contributed by atoms with E-state index in [0.29, 0.717) is 21.4 Å². The number of anilines is 1. The SMILES string of the molecule is CC(c1ccc(Cl)cc1Cl)N(C)C(=O)c1ccc(N)cn1. The van der Waals surface area contributed by atoms with E-state index in [4.69, 9.17) is 28.9 Å². The molecule has 110 valence electrons. The number of amides is 1. The number of nitrogens with zero attached hydrogens (tertiary/aromatic N) is 2. The topological polar surface area (TPSA) is 59.2 Å². The molecule has 1 amide bonds. The number of halogens is 2. The number of rotatable bonds is 3. The van der Waals surface area contributed by atoms with E-state index in [1.54, 1.807) is 36.2 Å². The van der Waals surface area contributed by atoms with Gasteiger partial charge in [0.15, 0.2) is 0 Å². The first-order chi connectivity index (χ1) is 9.90. The van der Waals surface area contributed by atoms with Crippen LogP contribution in [0.15, 0.2) is 36.5 Å². The van der Waals surface area contributed by atoms with Crippen LogP contribution in [0, 0.1) is 0 Å². The standard InChI is InChI=1S/C15H15Cl2N3O/c1-9(12-5-3-10(16)7-13(12)17)20(2)15(21)14-6-4-11(18)8-19-14/h3-9H,18H2,1-2H3. The molecule has 21 heavy (non-hydrogen) atoms. The highest BCUT2D eigenvalue weighted by molar-refractivity contribution is 6.35. The van der Waals surface area contributed by atoms with E-state index in [0.717, 1.165) is 5.56 Å². The van der Waals surface area contributed by atoms with Crippen molar-refractivity contribution in [3.05, 3.63) is 57.8 Å². The van der Waals surface area contributed by atoms with E-state index in [1.165, 1.54) is 6.20 Å². The number of nitrogen functional groups attached to an aromatic ring is 1. The van der Waals surface area contributed by atoms with Gasteiger partial charge in [0.05, 0.1) is 17.9 Å². The van der Waals surface area contributed by atoms with Gasteiger partial charge in [-0.3, -0.25) is 4.79 Å². The van der Waals surface area contributed by atoms with Crippen LogP contribution in [0.25, 0.3) is 0 Å². The van der Waals surface area contributed by atoms with Gasteiger partial charge in [-0.1, -0.05) is 29.3 Å². The largest absolute Gasteiger partial charge is 0.397 e. The Morgan fingerprint density at radius 3 is 2.57 bits per heavy atom. The molecule has 1 aromatic heterocycles. The highest BCUT2D eigenvalue weighted by Gasteiger charge is 2.21. The summed E-state index contributed by atoms with van der Waals surface area (Å²) in [4.78, 5) is 18.0. The predicted molar refractivity (Wildman–Crippen MR) is 85.6 cm³/mol. The molecule has 2 aromatic rings. The van der Waals surface area contributed by atoms with E-state index >= 15 is 0 Å². The lowest BCUT2D eigenvalue weighted by atomic mass is 10.1. The summed E-state index contributed by atoms with van der Waals surface area (Å²) in [7, 11) is 1.70. The summed E-state index contributed by atoms with van der Waals surface area (Å²) in [5, 5.41) is 1.09. The molecule has 2 rings (SSSR count). The molecule has 0 spiro atoms. The molecular formula is C15H15Cl2N3O. The van der Waals surface area contributed by atoms with E-state index in [2.05, 4.69) is 4.98 Å². The maximum Gasteiger partial charge on any atom is 0.272 e. The second-order valence-electron chi connectivity index (χ2n) is 4.73. The van der Waals surface area contributed by atoms with Crippen molar-refractivity contribution in [3.8, 4) is 0 Å². The minimum atomic E-state index is -0.207. The van der Waals surface area contributed by atoms with Crippen LogP contribution in [-0.4, -0.2) is 22.8 Å². The van der Waals surface area contributed by atoms with Crippen LogP contribution in [0.3, 0.4) is 0 Å². The monoisotopic (exact) mass is 323 g/mol. The van der Waals surface area contributed by atoms with Gasteiger partial charge in [0.25, 0.3) is 5.91 Å². The fraction of sp³-hybridized carbons (Fsp3) is 0.200. The van der Waals surface area contributed by atoms with Crippen molar-refractivity contribution in [2.24, 2.45) is 0 Å². The maximum absolute atomic E-state index is 12.4. The molecule has 0 fully saturated rings. The molecule has 0 aliphatic carbocycles. The summed E-state index contributed by atoms with van der Waals surface area (Å²) < 4.78 is 0. The second-order valence-corrected chi connectivity index (χ2v) is 5.58. The molecule has 1 heterocycles. The van der Waals surface area contributed by atoms with Crippen molar-refractivity contribution in [1.29, 1.82) is 0 Å². The van der Waals surface area contributed by atoms with Gasteiger partial charge in [0.2, 0.25) is 0 Å². The lowest BCUT2D eigenvalue weighted by Gasteiger charge is -2.26. The van der Waals surface area contributed by atoms with Gasteiger partial charge in [-0.05, 0) is 36.8 Å². The first kappa shape index (κ1) is 15.6. The molecule has 1 atom stereocenters. The van der Waals surface area contributed by atoms with E-state index < -0.39 is 0 Å². The number of carbonyl (C=O) groups is 1. The van der Waals surface area contributed by atoms with Gasteiger partial charge in [-0.25, -0.2) is 4.98 Å². The zero-order chi connectivity index (χ0) is 15.6. The number of hydrogen-bond acceptors (Lipinski definition) is 3. The summed E-state index contributed by atoms with van der Waals surface area (Å²) in [5.41, 5.74) is 7.25. The normalized spacial score (nSPS) is 12.0. The second kappa shape index (κ2) is 6.33. The summed E-state index contributed by atoms with van der Waals surface area (Å²) in [6, 6.07) is 8.27. The van der Waals surface area contributed by atoms with Crippen molar-refractivity contribution < 1.29 is 4.79 Å². The van der Waals surface area contributed by atoms with Crippen LogP contribution >= 0.6 is 23.2 Å². The van der Waals surface area contributed by atoms with Crippen LogP contribution in [-0.2, 0) is 0 Å². The van der Waals surface area contributed by atoms with E-state index in [9.17, 15) is 4.79 Å². The van der Waals surface area contributed by atoms with Gasteiger partial charge in [-0.15, -0.1) is 0 Å². The molecule has 0 saturated carbocycles. The molecule has 0 saturated heterocycles. The lowest BCUT2D eigenvalue weighted by Crippen LogP contribution is -2.30. The summed E-state index contributed by atoms with van der Waals surface area (Å²) in [6.07, 6.45) is 1.46. The van der Waals surface area contributed by atoms with Crippen LogP contribution < -0.4 is 5.73 Å². The van der Waals surface area contributed by atoms with Gasteiger partial charge in [0, 0.05) is 17.1 Å². The molecule has 0 radical (unpaired) electrons. The number of hydrogen-bond donors (Lipinski definition) is 1. The van der Waals surface area contributed by atoms with Gasteiger partial charge in [0.1, 0.15) is 5.69 Å². The molecule has 1 unspecified atom stereocenters. The summed E-state index contributed by atoms with van der Waals surface area (Å²) >= 11 is 12.1. The predicted octanol–water partition coefficient (Wildman–Crippen LogP) is 3.80. The third-order valence-corrected chi connectivity index (χ3v) is 3.88. The first-order valence-electron chi connectivity index (χ1n) is 6.34. The van der Waals surface area contributed by atoms with Crippen molar-refractivity contribution in [1.82, 2.24) is 9.88 Å². The third-order valence-electron chi connectivity index (χ3n) is 3.32. The van der Waals surface area contributed by atoms with Crippen LogP contribution in [0.5, 0.6) is 0 Å². The Morgan fingerprint density at radius 1 is 1.29 bits per heavy atom. The van der Waals surface area contributed by atoms with Crippen molar-refractivity contribution >= 4 is 34.8 Å². The Kier molecular flexibility index (Phi) is 4.70. The Morgan fingerprint density at radius 2 is 2.00 bits per heavy atom. The minimum Gasteiger partial charge on any atom is -0.397 e. The average molecular weight is 324 g/mol. The highest BCUT2D eigenvalue weighted by atomic mass is 35.5. The van der Waals surface area contributed by atoms with Crippen molar-refractivity contribution in [2.75, 3.05) is 12.8 Å². The fourth-order valence-corrected chi connectivity index (χ4v) is 2.50. The Balaban J connectivity index is 2.24. The summed E-state index contributed by atoms with van der Waals surface area (Å²) in [6.45, 7) is 1.89. The maximum atomic E-state index is 12.4. The van der Waals surface area contributed by atoms with Gasteiger partial charge in [-0.2, -0.15) is 0 Å². The molecular weight excluding hydrogens is 309 g/mol. The number of aromatic nitrogens is 1. The molecule has 2 N–H and O–H groups in total. The Labute approximate surface area is 133 Å². The third kappa shape index (κ3) is 3.46. The van der Waals surface area contributed by atoms with Crippen LogP contribution in [0.4, 0.5) is 5.69 Å². The first-order valence-corrected chi connectivity index (χ1v) is 7.09. The number of nitrogens with two attached hydrogens (primary N) is 1. The van der Waals surface area contributed by atoms with E-state index in [1.807, 2.05) is 13.0 Å². The van der Waals surface area contributed by atoms with Crippen LogP contribution in [0.1, 0.15) is 29.0 Å². The number of pyridine rings is 1. The molecule has 1 aromatic carbocycles. The fourth-order valence-electron chi connectivity index (χ4n) is 1.94. The highest BCUT2D eigenvalue weighted by Crippen LogP contribution is 2.29. The minimum absolute atomic E-state index is 0.200. The number of benzene rings is 1. The average Bonchev–Trinajstić information content (AvgIpc) is 2.46. The zero-order valence-electron chi connectivity index (χ0n) is 11.7. The quantitative estimate of drug-likeness (QED) is 0.934. The van der Waals surface area contributed by atoms with Crippen molar-refractivity contribution in [2.45, 2.75) is 13.0 Å². The Bertz CT molecular complexity index is 658. The van der Waals surface area contributed by atoms with Gasteiger partial charge < -0.3 is 10.6 Å². The lowest BCUT2D eigenvalue weighted by molar-refractivity contribution is 0.0737. The zero-order valence-corrected chi connectivity index (χ0v) is 13.2. The molecule has 4 nitrogen and oxygen atoms in total. The summed E-state index contributed by atoms with van der Waals surface area (Å²) in [5.74, 6) is -0.200. The molecule has 0 aliphatic rings. The van der Waals surface area contributed by atoms with Crippen molar-refractivity contribution in [3.63, 3.8) is 0 Å². The Hall–Kier alpha value is -1.78. The molecule has 6 heteroatoms. The van der Waals surface area contributed by atoms with Gasteiger partial charge >= 0.3 is 0 Å². The smallest absolute Gasteiger partial charge is 0.272 e. The van der Waals surface area contributed by atoms with E-state index in [-0.39, 0.29) is 11.9 Å². The molecule has 0 bridgehead atoms.